The smallest absolute Gasteiger partial charge is 0.317 e. The maximum Gasteiger partial charge on any atom is 0.317 e. The molecule has 0 radical (unpaired) electrons. The molecule has 4 heteroatoms. The molecule has 1 aliphatic carbocycles. The predicted molar refractivity (Wildman–Crippen MR) is 87.8 cm³/mol. The lowest BCUT2D eigenvalue weighted by Crippen LogP contribution is -2.40. The summed E-state index contributed by atoms with van der Waals surface area (Å²) in [6.45, 7) is 1.52. The van der Waals surface area contributed by atoms with Crippen molar-refractivity contribution < 1.29 is 4.79 Å². The van der Waals surface area contributed by atoms with Gasteiger partial charge < -0.3 is 10.2 Å². The number of nitrogens with zero attached hydrogens (tertiary/aromatic N) is 1. The topological polar surface area (TPSA) is 32.3 Å². The maximum atomic E-state index is 12.1. The van der Waals surface area contributed by atoms with Crippen molar-refractivity contribution in [1.82, 2.24) is 10.2 Å². The Morgan fingerprint density at radius 1 is 1.33 bits per heavy atom. The maximum absolute atomic E-state index is 12.1. The van der Waals surface area contributed by atoms with Crippen molar-refractivity contribution in [3.63, 3.8) is 0 Å². The Morgan fingerprint density at radius 2 is 2.10 bits per heavy atom. The van der Waals surface area contributed by atoms with E-state index in [1.165, 1.54) is 32.1 Å². The van der Waals surface area contributed by atoms with Gasteiger partial charge in [-0.1, -0.05) is 43.0 Å². The van der Waals surface area contributed by atoms with Crippen LogP contribution in [0.15, 0.2) is 24.3 Å². The molecule has 0 aliphatic heterocycles. The zero-order chi connectivity index (χ0) is 15.1. The molecule has 0 bridgehead atoms. The second-order valence-electron chi connectivity index (χ2n) is 6.00. The molecule has 2 rings (SSSR count). The van der Waals surface area contributed by atoms with Gasteiger partial charge in [0.25, 0.3) is 0 Å². The molecule has 116 valence electrons. The van der Waals surface area contributed by atoms with Crippen LogP contribution in [0.25, 0.3) is 0 Å². The molecule has 21 heavy (non-hydrogen) atoms. The van der Waals surface area contributed by atoms with Crippen LogP contribution in [0, 0.1) is 5.92 Å². The SMILES string of the molecule is CN(CC1CCCCC1)C(=O)NCCc1cccc(Cl)c1. The van der Waals surface area contributed by atoms with Gasteiger partial charge in [0.05, 0.1) is 0 Å². The van der Waals surface area contributed by atoms with E-state index in [0.29, 0.717) is 12.5 Å². The molecule has 2 amide bonds. The van der Waals surface area contributed by atoms with Crippen LogP contribution in [0.4, 0.5) is 4.79 Å². The van der Waals surface area contributed by atoms with Gasteiger partial charge in [-0.15, -0.1) is 0 Å². The third-order valence-electron chi connectivity index (χ3n) is 4.18. The van der Waals surface area contributed by atoms with Crippen molar-refractivity contribution in [2.75, 3.05) is 20.1 Å². The number of rotatable bonds is 5. The van der Waals surface area contributed by atoms with E-state index in [-0.39, 0.29) is 6.03 Å². The fraction of sp³-hybridized carbons (Fsp3) is 0.588. The number of hydrogen-bond acceptors (Lipinski definition) is 1. The van der Waals surface area contributed by atoms with E-state index in [4.69, 9.17) is 11.6 Å². The Balaban J connectivity index is 1.68. The van der Waals surface area contributed by atoms with Crippen LogP contribution in [0.1, 0.15) is 37.7 Å². The first-order valence-electron chi connectivity index (χ1n) is 7.88. The van der Waals surface area contributed by atoms with Crippen LogP contribution < -0.4 is 5.32 Å². The number of carbonyl (C=O) groups is 1. The molecule has 1 N–H and O–H groups in total. The highest BCUT2D eigenvalue weighted by molar-refractivity contribution is 6.30. The summed E-state index contributed by atoms with van der Waals surface area (Å²) in [5, 5.41) is 3.73. The lowest BCUT2D eigenvalue weighted by molar-refractivity contribution is 0.192. The highest BCUT2D eigenvalue weighted by Crippen LogP contribution is 2.24. The number of carbonyl (C=O) groups excluding carboxylic acids is 1. The van der Waals surface area contributed by atoms with Crippen LogP contribution in [-0.4, -0.2) is 31.1 Å². The molecule has 0 heterocycles. The Bertz CT molecular complexity index is 458. The normalized spacial score (nSPS) is 15.7. The first-order chi connectivity index (χ1) is 10.1. The average molecular weight is 309 g/mol. The molecule has 1 aliphatic rings. The summed E-state index contributed by atoms with van der Waals surface area (Å²) < 4.78 is 0. The highest BCUT2D eigenvalue weighted by Gasteiger charge is 2.17. The van der Waals surface area contributed by atoms with Gasteiger partial charge in [0.1, 0.15) is 0 Å². The summed E-state index contributed by atoms with van der Waals surface area (Å²) >= 11 is 5.95. The molecular weight excluding hydrogens is 284 g/mol. The van der Waals surface area contributed by atoms with Gasteiger partial charge in [-0.2, -0.15) is 0 Å². The fourth-order valence-corrected chi connectivity index (χ4v) is 3.19. The van der Waals surface area contributed by atoms with E-state index in [1.807, 2.05) is 36.2 Å². The van der Waals surface area contributed by atoms with Crippen LogP contribution in [0.3, 0.4) is 0 Å². The van der Waals surface area contributed by atoms with Crippen molar-refractivity contribution in [1.29, 1.82) is 0 Å². The summed E-state index contributed by atoms with van der Waals surface area (Å²) in [5.41, 5.74) is 1.15. The summed E-state index contributed by atoms with van der Waals surface area (Å²) in [6, 6.07) is 7.81. The number of urea groups is 1. The quantitative estimate of drug-likeness (QED) is 0.872. The minimum atomic E-state index is 0.0302. The summed E-state index contributed by atoms with van der Waals surface area (Å²) in [4.78, 5) is 13.9. The van der Waals surface area contributed by atoms with Gasteiger partial charge in [-0.3, -0.25) is 0 Å². The fourth-order valence-electron chi connectivity index (χ4n) is 2.98. The van der Waals surface area contributed by atoms with E-state index in [1.54, 1.807) is 0 Å². The van der Waals surface area contributed by atoms with Crippen molar-refractivity contribution in [2.24, 2.45) is 5.92 Å². The Morgan fingerprint density at radius 3 is 2.81 bits per heavy atom. The lowest BCUT2D eigenvalue weighted by Gasteiger charge is -2.27. The average Bonchev–Trinajstić information content (AvgIpc) is 2.48. The van der Waals surface area contributed by atoms with Crippen LogP contribution >= 0.6 is 11.6 Å². The molecule has 1 aromatic rings. The minimum Gasteiger partial charge on any atom is -0.338 e. The van der Waals surface area contributed by atoms with Crippen molar-refractivity contribution >= 4 is 17.6 Å². The molecule has 0 saturated heterocycles. The molecule has 3 nitrogen and oxygen atoms in total. The monoisotopic (exact) mass is 308 g/mol. The first-order valence-corrected chi connectivity index (χ1v) is 8.26. The Hall–Kier alpha value is -1.22. The summed E-state index contributed by atoms with van der Waals surface area (Å²) in [6.07, 6.45) is 7.32. The van der Waals surface area contributed by atoms with E-state index in [0.717, 1.165) is 23.6 Å². The van der Waals surface area contributed by atoms with Crippen molar-refractivity contribution in [2.45, 2.75) is 38.5 Å². The van der Waals surface area contributed by atoms with E-state index in [2.05, 4.69) is 5.32 Å². The van der Waals surface area contributed by atoms with Gasteiger partial charge >= 0.3 is 6.03 Å². The molecule has 0 aromatic heterocycles. The molecule has 0 atom stereocenters. The minimum absolute atomic E-state index is 0.0302. The molecule has 1 fully saturated rings. The summed E-state index contributed by atoms with van der Waals surface area (Å²) in [7, 11) is 1.89. The van der Waals surface area contributed by atoms with E-state index in [9.17, 15) is 4.79 Å². The number of nitrogens with one attached hydrogen (secondary N) is 1. The number of amides is 2. The van der Waals surface area contributed by atoms with Crippen molar-refractivity contribution in [3.05, 3.63) is 34.9 Å². The molecular formula is C17H25ClN2O. The molecule has 1 aromatic carbocycles. The van der Waals surface area contributed by atoms with E-state index < -0.39 is 0 Å². The van der Waals surface area contributed by atoms with Gasteiger partial charge in [0.2, 0.25) is 0 Å². The number of halogens is 1. The Labute approximate surface area is 132 Å². The molecule has 1 saturated carbocycles. The van der Waals surface area contributed by atoms with E-state index >= 15 is 0 Å². The number of benzene rings is 1. The third-order valence-corrected chi connectivity index (χ3v) is 4.42. The van der Waals surface area contributed by atoms with Crippen LogP contribution in [0.2, 0.25) is 5.02 Å². The summed E-state index contributed by atoms with van der Waals surface area (Å²) in [5.74, 6) is 0.683. The predicted octanol–water partition coefficient (Wildman–Crippen LogP) is 4.10. The number of hydrogen-bond donors (Lipinski definition) is 1. The third kappa shape index (κ3) is 5.58. The molecule has 0 unspecified atom stereocenters. The largest absolute Gasteiger partial charge is 0.338 e. The lowest BCUT2D eigenvalue weighted by atomic mass is 9.89. The first kappa shape index (κ1) is 16.2. The van der Waals surface area contributed by atoms with Crippen LogP contribution in [-0.2, 0) is 6.42 Å². The van der Waals surface area contributed by atoms with Gasteiger partial charge in [-0.25, -0.2) is 4.79 Å². The van der Waals surface area contributed by atoms with Gasteiger partial charge in [0, 0.05) is 25.2 Å². The zero-order valence-electron chi connectivity index (χ0n) is 12.8. The van der Waals surface area contributed by atoms with Crippen LogP contribution in [0.5, 0.6) is 0 Å². The molecule has 0 spiro atoms. The van der Waals surface area contributed by atoms with Crippen molar-refractivity contribution in [3.8, 4) is 0 Å². The Kier molecular flexibility index (Phi) is 6.37. The zero-order valence-corrected chi connectivity index (χ0v) is 13.5. The second-order valence-corrected chi connectivity index (χ2v) is 6.43. The van der Waals surface area contributed by atoms with Gasteiger partial charge in [0.15, 0.2) is 0 Å². The van der Waals surface area contributed by atoms with Gasteiger partial charge in [-0.05, 0) is 42.9 Å². The highest BCUT2D eigenvalue weighted by atomic mass is 35.5. The standard InChI is InChI=1S/C17H25ClN2O/c1-20(13-15-6-3-2-4-7-15)17(21)19-11-10-14-8-5-9-16(18)12-14/h5,8-9,12,15H,2-4,6-7,10-11,13H2,1H3,(H,19,21). The second kappa shape index (κ2) is 8.28.